The maximum Gasteiger partial charge on any atom is 0.305 e. The molecule has 0 unspecified atom stereocenters. The zero-order valence-corrected chi connectivity index (χ0v) is 12.0. The Morgan fingerprint density at radius 1 is 0.824 bits per heavy atom. The highest BCUT2D eigenvalue weighted by molar-refractivity contribution is 5.66. The zero-order chi connectivity index (χ0) is 14.3. The van der Waals surface area contributed by atoms with Gasteiger partial charge in [-0.05, 0) is 20.8 Å². The molecule has 0 aromatic rings. The van der Waals surface area contributed by atoms with Gasteiger partial charge < -0.3 is 14.2 Å². The van der Waals surface area contributed by atoms with Crippen LogP contribution in [0.4, 0.5) is 0 Å². The molecule has 5 heteroatoms. The Kier molecular flexibility index (Phi) is 7.81. The molecule has 0 radical (unpaired) electrons. The van der Waals surface area contributed by atoms with E-state index < -0.39 is 5.79 Å². The van der Waals surface area contributed by atoms with E-state index in [1.807, 2.05) is 20.8 Å². The number of hydrogen-bond acceptors (Lipinski definition) is 5. The topological polar surface area (TPSA) is 61.8 Å². The van der Waals surface area contributed by atoms with Gasteiger partial charge in [-0.3, -0.25) is 9.59 Å². The van der Waals surface area contributed by atoms with Crippen molar-refractivity contribution >= 4 is 11.9 Å². The lowest BCUT2D eigenvalue weighted by atomic mass is 10.2. The first-order chi connectivity index (χ1) is 7.39. The first-order valence-corrected chi connectivity index (χ1v) is 5.34. The summed E-state index contributed by atoms with van der Waals surface area (Å²) in [4.78, 5) is 20.6. The van der Waals surface area contributed by atoms with Crippen LogP contribution in [-0.4, -0.2) is 30.4 Å². The number of rotatable bonds is 2. The quantitative estimate of drug-likeness (QED) is 0.554. The third-order valence-corrected chi connectivity index (χ3v) is 1.33. The molecule has 0 amide bonds. The van der Waals surface area contributed by atoms with Gasteiger partial charge in [0.25, 0.3) is 0 Å². The van der Waals surface area contributed by atoms with E-state index in [9.17, 15) is 9.59 Å². The zero-order valence-electron chi connectivity index (χ0n) is 12.0. The third-order valence-electron chi connectivity index (χ3n) is 1.33. The van der Waals surface area contributed by atoms with Crippen LogP contribution in [0.1, 0.15) is 48.5 Å². The van der Waals surface area contributed by atoms with Crippen molar-refractivity contribution in [3.8, 4) is 0 Å². The van der Waals surface area contributed by atoms with E-state index in [1.54, 1.807) is 13.8 Å². The molecule has 0 fully saturated rings. The Morgan fingerprint density at radius 3 is 1.24 bits per heavy atom. The second-order valence-corrected chi connectivity index (χ2v) is 4.90. The molecule has 0 aliphatic carbocycles. The van der Waals surface area contributed by atoms with Crippen LogP contribution in [-0.2, 0) is 23.8 Å². The lowest BCUT2D eigenvalue weighted by molar-refractivity contribution is -0.203. The number of hydrogen-bond donors (Lipinski definition) is 0. The molecule has 0 aliphatic heterocycles. The SMILES string of the molecule is CC(=O)OC(C)(C)C.COC(C)(C)OC(C)=O. The van der Waals surface area contributed by atoms with E-state index in [0.717, 1.165) is 0 Å². The van der Waals surface area contributed by atoms with Gasteiger partial charge in [-0.2, -0.15) is 0 Å². The smallest absolute Gasteiger partial charge is 0.305 e. The Balaban J connectivity index is 0. The lowest BCUT2D eigenvalue weighted by Gasteiger charge is -2.21. The maximum absolute atomic E-state index is 10.3. The highest BCUT2D eigenvalue weighted by Gasteiger charge is 2.18. The number of ether oxygens (including phenoxy) is 3. The van der Waals surface area contributed by atoms with E-state index in [2.05, 4.69) is 0 Å². The summed E-state index contributed by atoms with van der Waals surface area (Å²) >= 11 is 0. The maximum atomic E-state index is 10.3. The molecule has 0 saturated carbocycles. The molecule has 0 spiro atoms. The third kappa shape index (κ3) is 17.5. The summed E-state index contributed by atoms with van der Waals surface area (Å²) in [7, 11) is 1.49. The van der Waals surface area contributed by atoms with E-state index in [-0.39, 0.29) is 17.5 Å². The van der Waals surface area contributed by atoms with E-state index in [0.29, 0.717) is 0 Å². The van der Waals surface area contributed by atoms with Gasteiger partial charge in [0.1, 0.15) is 5.60 Å². The minimum absolute atomic E-state index is 0.225. The molecule has 102 valence electrons. The van der Waals surface area contributed by atoms with Crippen LogP contribution in [0.3, 0.4) is 0 Å². The van der Waals surface area contributed by atoms with Crippen molar-refractivity contribution in [2.45, 2.75) is 59.9 Å². The molecular weight excluding hydrogens is 224 g/mol. The van der Waals surface area contributed by atoms with Crippen molar-refractivity contribution in [2.24, 2.45) is 0 Å². The summed E-state index contributed by atoms with van der Waals surface area (Å²) in [5.74, 6) is -1.34. The molecule has 0 aromatic heterocycles. The normalized spacial score (nSPS) is 11.1. The van der Waals surface area contributed by atoms with Crippen LogP contribution in [0.5, 0.6) is 0 Å². The second kappa shape index (κ2) is 7.27. The van der Waals surface area contributed by atoms with Gasteiger partial charge in [-0.1, -0.05) is 0 Å². The fourth-order valence-electron chi connectivity index (χ4n) is 0.819. The predicted octanol–water partition coefficient (Wildman–Crippen LogP) is 2.28. The van der Waals surface area contributed by atoms with E-state index >= 15 is 0 Å². The summed E-state index contributed by atoms with van der Waals surface area (Å²) < 4.78 is 14.3. The van der Waals surface area contributed by atoms with E-state index in [1.165, 1.54) is 21.0 Å². The number of carbonyl (C=O) groups is 2. The molecule has 0 atom stereocenters. The molecule has 0 saturated heterocycles. The highest BCUT2D eigenvalue weighted by Crippen LogP contribution is 2.08. The van der Waals surface area contributed by atoms with Gasteiger partial charge in [0, 0.05) is 34.8 Å². The van der Waals surface area contributed by atoms with Crippen molar-refractivity contribution in [1.82, 2.24) is 0 Å². The molecule has 0 aromatic carbocycles. The Morgan fingerprint density at radius 2 is 1.18 bits per heavy atom. The summed E-state index contributed by atoms with van der Waals surface area (Å²) in [6.45, 7) is 11.6. The van der Waals surface area contributed by atoms with Crippen LogP contribution in [0.2, 0.25) is 0 Å². The van der Waals surface area contributed by atoms with Gasteiger partial charge in [-0.25, -0.2) is 0 Å². The van der Waals surface area contributed by atoms with Crippen molar-refractivity contribution < 1.29 is 23.8 Å². The number of esters is 2. The predicted molar refractivity (Wildman–Crippen MR) is 64.4 cm³/mol. The summed E-state index contributed by atoms with van der Waals surface area (Å²) in [6, 6.07) is 0. The van der Waals surface area contributed by atoms with Crippen molar-refractivity contribution in [3.63, 3.8) is 0 Å². The van der Waals surface area contributed by atoms with Gasteiger partial charge >= 0.3 is 11.9 Å². The van der Waals surface area contributed by atoms with Gasteiger partial charge in [0.05, 0.1) is 0 Å². The summed E-state index contributed by atoms with van der Waals surface area (Å²) in [6.07, 6.45) is 0. The average Bonchev–Trinajstić information content (AvgIpc) is 1.97. The minimum atomic E-state index is -0.786. The van der Waals surface area contributed by atoms with Gasteiger partial charge in [0.2, 0.25) is 5.79 Å². The molecule has 17 heavy (non-hydrogen) atoms. The monoisotopic (exact) mass is 248 g/mol. The van der Waals surface area contributed by atoms with Crippen LogP contribution in [0.25, 0.3) is 0 Å². The number of carbonyl (C=O) groups excluding carboxylic acids is 2. The van der Waals surface area contributed by atoms with Crippen molar-refractivity contribution in [1.29, 1.82) is 0 Å². The van der Waals surface area contributed by atoms with Crippen molar-refractivity contribution in [2.75, 3.05) is 7.11 Å². The van der Waals surface area contributed by atoms with E-state index in [4.69, 9.17) is 14.2 Å². The number of methoxy groups -OCH3 is 1. The fraction of sp³-hybridized carbons (Fsp3) is 0.833. The lowest BCUT2D eigenvalue weighted by Crippen LogP contribution is -2.28. The van der Waals surface area contributed by atoms with Crippen LogP contribution >= 0.6 is 0 Å². The largest absolute Gasteiger partial charge is 0.460 e. The standard InChI is InChI=1S/C6H12O3.C6H12O2/c1-5(7)9-6(2,3)8-4;1-5(7)8-6(2,3)4/h1-4H3;1-4H3. The van der Waals surface area contributed by atoms with Crippen LogP contribution < -0.4 is 0 Å². The summed E-state index contributed by atoms with van der Waals surface area (Å²) in [5.41, 5.74) is -0.328. The Bertz CT molecular complexity index is 250. The molecule has 0 N–H and O–H groups in total. The molecule has 5 nitrogen and oxygen atoms in total. The van der Waals surface area contributed by atoms with Crippen LogP contribution in [0.15, 0.2) is 0 Å². The Hall–Kier alpha value is -1.10. The molecular formula is C12H24O5. The first kappa shape index (κ1) is 18.3. The van der Waals surface area contributed by atoms with Crippen LogP contribution in [0, 0.1) is 0 Å². The van der Waals surface area contributed by atoms with Gasteiger partial charge in [0.15, 0.2) is 0 Å². The molecule has 0 rings (SSSR count). The second-order valence-electron chi connectivity index (χ2n) is 4.90. The molecule has 0 bridgehead atoms. The van der Waals surface area contributed by atoms with Gasteiger partial charge in [-0.15, -0.1) is 0 Å². The fourth-order valence-corrected chi connectivity index (χ4v) is 0.819. The average molecular weight is 248 g/mol. The first-order valence-electron chi connectivity index (χ1n) is 5.34. The molecule has 0 aliphatic rings. The Labute approximate surface area is 103 Å². The highest BCUT2D eigenvalue weighted by atomic mass is 16.7. The summed E-state index contributed by atoms with van der Waals surface area (Å²) in [5, 5.41) is 0. The molecule has 0 heterocycles. The minimum Gasteiger partial charge on any atom is -0.460 e. The van der Waals surface area contributed by atoms with Crippen molar-refractivity contribution in [3.05, 3.63) is 0 Å².